The van der Waals surface area contributed by atoms with Crippen molar-refractivity contribution in [1.82, 2.24) is 4.90 Å². The maximum atomic E-state index is 14.9. The van der Waals surface area contributed by atoms with Gasteiger partial charge in [-0.2, -0.15) is 0 Å². The topological polar surface area (TPSA) is 37.4 Å². The number of nitrogens with zero attached hydrogens (tertiary/aromatic N) is 1. The van der Waals surface area contributed by atoms with Gasteiger partial charge in [-0.05, 0) is 19.3 Å². The average molecular weight is 428 g/mol. The molecule has 0 fully saturated rings. The molecule has 0 aromatic heterocycles. The van der Waals surface area contributed by atoms with Gasteiger partial charge in [-0.3, -0.25) is 4.79 Å². The van der Waals surface area contributed by atoms with Crippen LogP contribution in [0.15, 0.2) is 60.7 Å². The van der Waals surface area contributed by atoms with E-state index in [9.17, 15) is 9.36 Å². The molecule has 0 heterocycles. The predicted molar refractivity (Wildman–Crippen MR) is 129 cm³/mol. The van der Waals surface area contributed by atoms with Crippen molar-refractivity contribution in [3.8, 4) is 0 Å². The lowest BCUT2D eigenvalue weighted by atomic mass is 10.1. The van der Waals surface area contributed by atoms with Crippen LogP contribution in [0, 0.1) is 0 Å². The van der Waals surface area contributed by atoms with Gasteiger partial charge in [0.2, 0.25) is 5.91 Å². The molecule has 30 heavy (non-hydrogen) atoms. The zero-order chi connectivity index (χ0) is 21.8. The molecule has 0 radical (unpaired) electrons. The maximum absolute atomic E-state index is 14.9. The Kier molecular flexibility index (Phi) is 10.4. The molecule has 0 saturated heterocycles. The van der Waals surface area contributed by atoms with Crippen LogP contribution < -0.4 is 10.6 Å². The molecule has 0 saturated carbocycles. The van der Waals surface area contributed by atoms with Crippen LogP contribution in [0.5, 0.6) is 0 Å². The summed E-state index contributed by atoms with van der Waals surface area (Å²) in [4.78, 5) is 15.9. The van der Waals surface area contributed by atoms with Gasteiger partial charge in [0.05, 0.1) is 5.66 Å². The Bertz CT molecular complexity index is 740. The van der Waals surface area contributed by atoms with Crippen molar-refractivity contribution in [1.29, 1.82) is 0 Å². The number of rotatable bonds is 13. The van der Waals surface area contributed by atoms with Crippen molar-refractivity contribution < 1.29 is 9.36 Å². The Morgan fingerprint density at radius 3 is 1.60 bits per heavy atom. The third-order valence-electron chi connectivity index (χ3n) is 5.71. The summed E-state index contributed by atoms with van der Waals surface area (Å²) in [5.41, 5.74) is -0.504. The van der Waals surface area contributed by atoms with E-state index in [0.717, 1.165) is 62.2 Å². The minimum Gasteiger partial charge on any atom is -0.342 e. The molecule has 0 aliphatic carbocycles. The monoisotopic (exact) mass is 427 g/mol. The smallest absolute Gasteiger partial charge is 0.233 e. The van der Waals surface area contributed by atoms with Crippen LogP contribution in [0.25, 0.3) is 0 Å². The van der Waals surface area contributed by atoms with Crippen LogP contribution in [0.4, 0.5) is 0 Å². The SMILES string of the molecule is CCCCC(C(=O)N(CCCC)CCCC)P(=O)(c1ccccc1)c1ccccc1. The van der Waals surface area contributed by atoms with Gasteiger partial charge < -0.3 is 9.46 Å². The first-order chi connectivity index (χ1) is 14.6. The van der Waals surface area contributed by atoms with E-state index in [1.54, 1.807) is 0 Å². The van der Waals surface area contributed by atoms with Gasteiger partial charge in [-0.1, -0.05) is 107 Å². The molecule has 2 rings (SSSR count). The molecule has 2 aromatic rings. The van der Waals surface area contributed by atoms with Gasteiger partial charge in [0.1, 0.15) is 0 Å². The summed E-state index contributed by atoms with van der Waals surface area (Å²) in [6.45, 7) is 7.93. The largest absolute Gasteiger partial charge is 0.342 e. The lowest BCUT2D eigenvalue weighted by Crippen LogP contribution is -2.43. The molecule has 1 amide bonds. The first kappa shape index (κ1) is 24.4. The molecule has 0 bridgehead atoms. The molecule has 1 atom stereocenters. The molecular weight excluding hydrogens is 389 g/mol. The van der Waals surface area contributed by atoms with Gasteiger partial charge in [0, 0.05) is 23.7 Å². The molecule has 164 valence electrons. The summed E-state index contributed by atoms with van der Waals surface area (Å²) < 4.78 is 14.9. The number of carbonyl (C=O) groups is 1. The molecule has 0 aliphatic rings. The highest BCUT2D eigenvalue weighted by Crippen LogP contribution is 2.51. The summed E-state index contributed by atoms with van der Waals surface area (Å²) in [7, 11) is -3.13. The standard InChI is InChI=1S/C26H38NO2P/c1-4-7-20-25(26(28)27(21-8-5-2)22-9-6-3)30(29,23-16-12-10-13-17-23)24-18-14-11-15-19-24/h10-19,25H,4-9,20-22H2,1-3H3. The van der Waals surface area contributed by atoms with Crippen LogP contribution in [-0.2, 0) is 9.36 Å². The number of hydrogen-bond acceptors (Lipinski definition) is 2. The maximum Gasteiger partial charge on any atom is 0.233 e. The summed E-state index contributed by atoms with van der Waals surface area (Å²) in [6.07, 6.45) is 6.60. The number of hydrogen-bond donors (Lipinski definition) is 0. The number of benzene rings is 2. The molecule has 4 heteroatoms. The molecule has 2 aromatic carbocycles. The minimum atomic E-state index is -3.13. The Hall–Kier alpha value is -1.86. The highest BCUT2D eigenvalue weighted by molar-refractivity contribution is 7.80. The molecule has 0 spiro atoms. The summed E-state index contributed by atoms with van der Waals surface area (Å²) in [5, 5.41) is 1.58. The third-order valence-corrected chi connectivity index (χ3v) is 9.20. The first-order valence-corrected chi connectivity index (χ1v) is 13.4. The van der Waals surface area contributed by atoms with Gasteiger partial charge in [-0.15, -0.1) is 0 Å². The number of carbonyl (C=O) groups excluding carboxylic acids is 1. The first-order valence-electron chi connectivity index (χ1n) is 11.6. The van der Waals surface area contributed by atoms with E-state index in [1.807, 2.05) is 65.6 Å². The quantitative estimate of drug-likeness (QED) is 0.368. The fourth-order valence-corrected chi connectivity index (χ4v) is 7.18. The van der Waals surface area contributed by atoms with Gasteiger partial charge in [0.25, 0.3) is 0 Å². The van der Waals surface area contributed by atoms with Crippen molar-refractivity contribution >= 4 is 23.7 Å². The van der Waals surface area contributed by atoms with Crippen LogP contribution in [0.2, 0.25) is 0 Å². The summed E-state index contributed by atoms with van der Waals surface area (Å²) in [6, 6.07) is 19.3. The summed E-state index contributed by atoms with van der Waals surface area (Å²) >= 11 is 0. The van der Waals surface area contributed by atoms with Crippen molar-refractivity contribution in [2.24, 2.45) is 0 Å². The Morgan fingerprint density at radius 1 is 0.767 bits per heavy atom. The zero-order valence-electron chi connectivity index (χ0n) is 18.9. The second-order valence-electron chi connectivity index (χ2n) is 8.02. The van der Waals surface area contributed by atoms with Gasteiger partial charge in [0.15, 0.2) is 7.14 Å². The molecule has 1 unspecified atom stereocenters. The second-order valence-corrected chi connectivity index (χ2v) is 11.0. The van der Waals surface area contributed by atoms with E-state index >= 15 is 0 Å². The number of amides is 1. The molecular formula is C26H38NO2P. The average Bonchev–Trinajstić information content (AvgIpc) is 2.80. The highest BCUT2D eigenvalue weighted by atomic mass is 31.2. The fraction of sp³-hybridized carbons (Fsp3) is 0.500. The van der Waals surface area contributed by atoms with Crippen molar-refractivity contribution in [2.75, 3.05) is 13.1 Å². The molecule has 3 nitrogen and oxygen atoms in total. The van der Waals surface area contributed by atoms with Crippen LogP contribution >= 0.6 is 7.14 Å². The third kappa shape index (κ3) is 6.08. The van der Waals surface area contributed by atoms with E-state index in [2.05, 4.69) is 20.8 Å². The van der Waals surface area contributed by atoms with E-state index in [-0.39, 0.29) is 5.91 Å². The molecule has 0 N–H and O–H groups in total. The highest BCUT2D eigenvalue weighted by Gasteiger charge is 2.42. The lowest BCUT2D eigenvalue weighted by molar-refractivity contribution is -0.131. The molecule has 0 aliphatic heterocycles. The van der Waals surface area contributed by atoms with Crippen LogP contribution in [-0.4, -0.2) is 29.6 Å². The predicted octanol–water partition coefficient (Wildman–Crippen LogP) is 5.99. The van der Waals surface area contributed by atoms with E-state index in [1.165, 1.54) is 0 Å². The van der Waals surface area contributed by atoms with Crippen molar-refractivity contribution in [3.05, 3.63) is 60.7 Å². The lowest BCUT2D eigenvalue weighted by Gasteiger charge is -2.33. The van der Waals surface area contributed by atoms with E-state index in [0.29, 0.717) is 6.42 Å². The van der Waals surface area contributed by atoms with Crippen molar-refractivity contribution in [3.63, 3.8) is 0 Å². The Labute approximate surface area is 183 Å². The zero-order valence-corrected chi connectivity index (χ0v) is 19.8. The van der Waals surface area contributed by atoms with Gasteiger partial charge in [-0.25, -0.2) is 0 Å². The van der Waals surface area contributed by atoms with E-state index < -0.39 is 12.8 Å². The van der Waals surface area contributed by atoms with Gasteiger partial charge >= 0.3 is 0 Å². The van der Waals surface area contributed by atoms with Crippen LogP contribution in [0.1, 0.15) is 65.7 Å². The second kappa shape index (κ2) is 12.7. The normalized spacial score (nSPS) is 12.5. The minimum absolute atomic E-state index is 0.0707. The van der Waals surface area contributed by atoms with E-state index in [4.69, 9.17) is 0 Å². The van der Waals surface area contributed by atoms with Crippen LogP contribution in [0.3, 0.4) is 0 Å². The summed E-state index contributed by atoms with van der Waals surface area (Å²) in [5.74, 6) is 0.0707. The Morgan fingerprint density at radius 2 is 1.20 bits per heavy atom. The van der Waals surface area contributed by atoms with Crippen molar-refractivity contribution in [2.45, 2.75) is 71.4 Å². The number of unbranched alkanes of at least 4 members (excludes halogenated alkanes) is 3. The Balaban J connectivity index is 2.55. The fourth-order valence-electron chi connectivity index (χ4n) is 3.91.